The van der Waals surface area contributed by atoms with Crippen molar-refractivity contribution in [2.75, 3.05) is 13.0 Å². The lowest BCUT2D eigenvalue weighted by Crippen LogP contribution is -1.90. The minimum absolute atomic E-state index is 0.260. The largest absolute Gasteiger partial charge is 0.499 e. The average molecular weight is 146 g/mol. The van der Waals surface area contributed by atoms with Crippen molar-refractivity contribution >= 4 is 11.6 Å². The maximum atomic E-state index is 8.32. The molecule has 3 heteroatoms. The van der Waals surface area contributed by atoms with Crippen LogP contribution in [0.5, 0.6) is 0 Å². The molecule has 50 valence electrons. The Bertz CT molecular complexity index is 151. The summed E-state index contributed by atoms with van der Waals surface area (Å²) in [5.41, 5.74) is 0.535. The molecular weight excluding hydrogens is 138 g/mol. The Morgan fingerprint density at radius 3 is 2.44 bits per heavy atom. The molecular formula is C6H8ClNO. The second-order valence-corrected chi connectivity index (χ2v) is 1.76. The van der Waals surface area contributed by atoms with E-state index >= 15 is 0 Å². The molecule has 0 unspecified atom stereocenters. The molecule has 0 rings (SSSR count). The molecule has 0 spiro atoms. The summed E-state index contributed by atoms with van der Waals surface area (Å²) in [5.74, 6) is 0.801. The van der Waals surface area contributed by atoms with Crippen LogP contribution in [-0.2, 0) is 4.74 Å². The van der Waals surface area contributed by atoms with Crippen molar-refractivity contribution in [1.82, 2.24) is 0 Å². The van der Waals surface area contributed by atoms with E-state index in [0.29, 0.717) is 11.3 Å². The second kappa shape index (κ2) is 4.22. The molecule has 0 aromatic heterocycles. The molecule has 0 radical (unpaired) electrons. The number of rotatable bonds is 2. The summed E-state index contributed by atoms with van der Waals surface area (Å²) < 4.78 is 4.78. The van der Waals surface area contributed by atoms with Crippen LogP contribution in [0.25, 0.3) is 0 Å². The van der Waals surface area contributed by atoms with Gasteiger partial charge in [-0.15, -0.1) is 11.6 Å². The first-order chi connectivity index (χ1) is 4.26. The molecule has 0 fully saturated rings. The quantitative estimate of drug-likeness (QED) is 0.337. The lowest BCUT2D eigenvalue weighted by molar-refractivity contribution is 0.292. The standard InChI is InChI=1S/C6H8ClNO/c1-5(4-8)6(3-7)9-2/h3H2,1-2H3. The molecule has 0 N–H and O–H groups in total. The zero-order chi connectivity index (χ0) is 7.28. The minimum atomic E-state index is 0.260. The number of hydrogen-bond donors (Lipinski definition) is 0. The number of alkyl halides is 1. The monoisotopic (exact) mass is 145 g/mol. The fraction of sp³-hybridized carbons (Fsp3) is 0.500. The SMILES string of the molecule is COC(CCl)=C(C)C#N. The van der Waals surface area contributed by atoms with Gasteiger partial charge in [0.05, 0.1) is 24.6 Å². The van der Waals surface area contributed by atoms with Crippen molar-refractivity contribution in [3.8, 4) is 6.07 Å². The van der Waals surface area contributed by atoms with Gasteiger partial charge in [0.1, 0.15) is 5.76 Å². The van der Waals surface area contributed by atoms with E-state index in [1.165, 1.54) is 7.11 Å². The fourth-order valence-corrected chi connectivity index (χ4v) is 0.680. The van der Waals surface area contributed by atoms with Gasteiger partial charge in [-0.1, -0.05) is 0 Å². The number of methoxy groups -OCH3 is 1. The van der Waals surface area contributed by atoms with Gasteiger partial charge in [0, 0.05) is 0 Å². The van der Waals surface area contributed by atoms with Crippen molar-refractivity contribution in [2.45, 2.75) is 6.92 Å². The van der Waals surface area contributed by atoms with Crippen molar-refractivity contribution in [3.63, 3.8) is 0 Å². The van der Waals surface area contributed by atoms with Crippen molar-refractivity contribution < 1.29 is 4.74 Å². The highest BCUT2D eigenvalue weighted by Gasteiger charge is 1.97. The van der Waals surface area contributed by atoms with Crippen molar-refractivity contribution in [3.05, 3.63) is 11.3 Å². The van der Waals surface area contributed by atoms with E-state index in [0.717, 1.165) is 0 Å². The first-order valence-electron chi connectivity index (χ1n) is 2.46. The summed E-state index contributed by atoms with van der Waals surface area (Å²) in [6.45, 7) is 1.67. The van der Waals surface area contributed by atoms with Crippen molar-refractivity contribution in [1.29, 1.82) is 5.26 Å². The number of ether oxygens (including phenoxy) is 1. The molecule has 0 aliphatic rings. The van der Waals surface area contributed by atoms with E-state index in [1.807, 2.05) is 6.07 Å². The first-order valence-corrected chi connectivity index (χ1v) is 2.99. The minimum Gasteiger partial charge on any atom is -0.499 e. The number of halogens is 1. The van der Waals surface area contributed by atoms with Gasteiger partial charge in [-0.25, -0.2) is 0 Å². The van der Waals surface area contributed by atoms with E-state index in [2.05, 4.69) is 0 Å². The second-order valence-electron chi connectivity index (χ2n) is 1.50. The Labute approximate surface area is 59.7 Å². The number of nitrogens with zero attached hydrogens (tertiary/aromatic N) is 1. The van der Waals surface area contributed by atoms with Crippen LogP contribution in [0.3, 0.4) is 0 Å². The van der Waals surface area contributed by atoms with E-state index in [9.17, 15) is 0 Å². The highest BCUT2D eigenvalue weighted by atomic mass is 35.5. The lowest BCUT2D eigenvalue weighted by atomic mass is 10.3. The van der Waals surface area contributed by atoms with Crippen LogP contribution in [0.1, 0.15) is 6.92 Å². The fourth-order valence-electron chi connectivity index (χ4n) is 0.370. The Hall–Kier alpha value is -0.680. The Morgan fingerprint density at radius 2 is 2.33 bits per heavy atom. The third-order valence-electron chi connectivity index (χ3n) is 0.954. The number of hydrogen-bond acceptors (Lipinski definition) is 2. The third kappa shape index (κ3) is 2.39. The van der Waals surface area contributed by atoms with E-state index < -0.39 is 0 Å². The molecule has 0 saturated heterocycles. The first kappa shape index (κ1) is 8.32. The van der Waals surface area contributed by atoms with Gasteiger partial charge in [-0.05, 0) is 6.92 Å². The van der Waals surface area contributed by atoms with Crippen LogP contribution in [-0.4, -0.2) is 13.0 Å². The molecule has 0 atom stereocenters. The Kier molecular flexibility index (Phi) is 3.90. The number of nitriles is 1. The van der Waals surface area contributed by atoms with Crippen LogP contribution in [0.4, 0.5) is 0 Å². The van der Waals surface area contributed by atoms with Crippen LogP contribution >= 0.6 is 11.6 Å². The van der Waals surface area contributed by atoms with Gasteiger partial charge in [-0.2, -0.15) is 5.26 Å². The predicted octanol–water partition coefficient (Wildman–Crippen LogP) is 1.67. The molecule has 0 amide bonds. The van der Waals surface area contributed by atoms with Crippen molar-refractivity contribution in [2.24, 2.45) is 0 Å². The molecule has 0 bridgehead atoms. The maximum Gasteiger partial charge on any atom is 0.124 e. The molecule has 0 saturated carbocycles. The van der Waals surface area contributed by atoms with Gasteiger partial charge in [-0.3, -0.25) is 0 Å². The highest BCUT2D eigenvalue weighted by Crippen LogP contribution is 2.04. The summed E-state index contributed by atoms with van der Waals surface area (Å²) in [4.78, 5) is 0. The van der Waals surface area contributed by atoms with E-state index in [1.54, 1.807) is 6.92 Å². The smallest absolute Gasteiger partial charge is 0.124 e. The summed E-state index contributed by atoms with van der Waals surface area (Å²) in [6.07, 6.45) is 0. The summed E-state index contributed by atoms with van der Waals surface area (Å²) in [7, 11) is 1.50. The van der Waals surface area contributed by atoms with E-state index in [4.69, 9.17) is 21.6 Å². The van der Waals surface area contributed by atoms with Gasteiger partial charge in [0.2, 0.25) is 0 Å². The van der Waals surface area contributed by atoms with E-state index in [-0.39, 0.29) is 5.88 Å². The van der Waals surface area contributed by atoms with Crippen LogP contribution in [0, 0.1) is 11.3 Å². The summed E-state index contributed by atoms with van der Waals surface area (Å²) in [6, 6.07) is 1.94. The zero-order valence-electron chi connectivity index (χ0n) is 5.44. The molecule has 2 nitrogen and oxygen atoms in total. The van der Waals surface area contributed by atoms with Crippen LogP contribution in [0.15, 0.2) is 11.3 Å². The molecule has 0 aromatic carbocycles. The Morgan fingerprint density at radius 1 is 1.78 bits per heavy atom. The molecule has 9 heavy (non-hydrogen) atoms. The topological polar surface area (TPSA) is 33.0 Å². The maximum absolute atomic E-state index is 8.32. The van der Waals surface area contributed by atoms with Gasteiger partial charge < -0.3 is 4.74 Å². The molecule has 0 aromatic rings. The molecule has 0 heterocycles. The summed E-state index contributed by atoms with van der Waals surface area (Å²) >= 11 is 5.41. The zero-order valence-corrected chi connectivity index (χ0v) is 6.20. The highest BCUT2D eigenvalue weighted by molar-refractivity contribution is 6.19. The number of allylic oxidation sites excluding steroid dienone is 2. The Balaban J connectivity index is 4.23. The summed E-state index contributed by atoms with van der Waals surface area (Å²) in [5, 5.41) is 8.32. The van der Waals surface area contributed by atoms with Crippen LogP contribution in [0.2, 0.25) is 0 Å². The third-order valence-corrected chi connectivity index (χ3v) is 1.20. The van der Waals surface area contributed by atoms with Crippen LogP contribution < -0.4 is 0 Å². The average Bonchev–Trinajstić information content (AvgIpc) is 1.90. The molecule has 0 aliphatic carbocycles. The molecule has 0 aliphatic heterocycles. The van der Waals surface area contributed by atoms with Gasteiger partial charge >= 0.3 is 0 Å². The lowest BCUT2D eigenvalue weighted by Gasteiger charge is -1.99. The van der Waals surface area contributed by atoms with Gasteiger partial charge in [0.25, 0.3) is 0 Å². The predicted molar refractivity (Wildman–Crippen MR) is 36.0 cm³/mol. The normalized spacial score (nSPS) is 11.8. The van der Waals surface area contributed by atoms with Gasteiger partial charge in [0.15, 0.2) is 0 Å².